The Morgan fingerprint density at radius 1 is 1.07 bits per heavy atom. The van der Waals surface area contributed by atoms with Crippen LogP contribution >= 0.6 is 11.3 Å². The quantitative estimate of drug-likeness (QED) is 0.521. The number of ketones is 1. The van der Waals surface area contributed by atoms with Crippen molar-refractivity contribution in [3.8, 4) is 0 Å². The van der Waals surface area contributed by atoms with Gasteiger partial charge >= 0.3 is 0 Å². The molecule has 0 bridgehead atoms. The third-order valence-corrected chi connectivity index (χ3v) is 6.03. The van der Waals surface area contributed by atoms with Crippen LogP contribution < -0.4 is 4.90 Å². The molecule has 29 heavy (non-hydrogen) atoms. The average Bonchev–Trinajstić information content (AvgIpc) is 3.54. The van der Waals surface area contributed by atoms with E-state index in [1.807, 2.05) is 17.0 Å². The number of aromatic nitrogens is 1. The molecule has 1 fully saturated rings. The first-order valence-corrected chi connectivity index (χ1v) is 10.4. The lowest BCUT2D eigenvalue weighted by Gasteiger charge is -2.35. The molecule has 1 aliphatic heterocycles. The summed E-state index contributed by atoms with van der Waals surface area (Å²) < 4.78 is 5.24. The van der Waals surface area contributed by atoms with E-state index in [4.69, 9.17) is 4.42 Å². The first-order chi connectivity index (χ1) is 14.2. The van der Waals surface area contributed by atoms with Crippen LogP contribution in [0.2, 0.25) is 0 Å². The number of hydrogen-bond donors (Lipinski definition) is 1. The van der Waals surface area contributed by atoms with Crippen molar-refractivity contribution in [1.29, 1.82) is 0 Å². The van der Waals surface area contributed by atoms with E-state index in [-0.39, 0.29) is 17.5 Å². The van der Waals surface area contributed by atoms with Gasteiger partial charge in [-0.3, -0.25) is 9.59 Å². The average molecular weight is 405 g/mol. The number of aromatic amines is 1. The summed E-state index contributed by atoms with van der Waals surface area (Å²) in [5, 5.41) is 4.93. The van der Waals surface area contributed by atoms with Crippen LogP contribution in [0.4, 0.5) is 5.69 Å². The summed E-state index contributed by atoms with van der Waals surface area (Å²) in [4.78, 5) is 33.1. The van der Waals surface area contributed by atoms with Gasteiger partial charge in [-0.25, -0.2) is 0 Å². The van der Waals surface area contributed by atoms with Crippen molar-refractivity contribution in [2.24, 2.45) is 0 Å². The van der Waals surface area contributed by atoms with E-state index in [0.29, 0.717) is 24.2 Å². The normalized spacial score (nSPS) is 14.5. The standard InChI is InChI=1S/C22H19N3O3S/c26-21(20-2-1-10-28-20)18-13-23-19-4-3-15(12-17(18)19)22(27)25-8-6-24(7-9-25)16-5-11-29-14-16/h1-5,10-14,23H,6-9H2. The molecule has 1 saturated heterocycles. The number of anilines is 1. The SMILES string of the molecule is O=C(c1ccco1)c1c[nH]c2ccc(C(=O)N3CCN(c4ccsc4)CC3)cc12. The monoisotopic (exact) mass is 405 g/mol. The van der Waals surface area contributed by atoms with Crippen LogP contribution in [-0.2, 0) is 0 Å². The summed E-state index contributed by atoms with van der Waals surface area (Å²) in [7, 11) is 0. The van der Waals surface area contributed by atoms with Crippen molar-refractivity contribution in [2.75, 3.05) is 31.1 Å². The van der Waals surface area contributed by atoms with Gasteiger partial charge in [0.15, 0.2) is 5.76 Å². The maximum absolute atomic E-state index is 13.1. The molecule has 0 atom stereocenters. The highest BCUT2D eigenvalue weighted by molar-refractivity contribution is 7.08. The van der Waals surface area contributed by atoms with Crippen LogP contribution in [-0.4, -0.2) is 47.8 Å². The molecular weight excluding hydrogens is 386 g/mol. The van der Waals surface area contributed by atoms with Crippen LogP contribution in [0.1, 0.15) is 26.5 Å². The van der Waals surface area contributed by atoms with Gasteiger partial charge in [-0.05, 0) is 41.8 Å². The van der Waals surface area contributed by atoms with Crippen LogP contribution in [0.3, 0.4) is 0 Å². The lowest BCUT2D eigenvalue weighted by Crippen LogP contribution is -2.48. The summed E-state index contributed by atoms with van der Waals surface area (Å²) in [6.07, 6.45) is 3.15. The molecule has 7 heteroatoms. The number of furan rings is 1. The van der Waals surface area contributed by atoms with E-state index in [2.05, 4.69) is 26.7 Å². The van der Waals surface area contributed by atoms with Gasteiger partial charge in [0.25, 0.3) is 5.91 Å². The number of carbonyl (C=O) groups is 2. The number of thiophene rings is 1. The Morgan fingerprint density at radius 2 is 1.93 bits per heavy atom. The summed E-state index contributed by atoms with van der Waals surface area (Å²) in [6.45, 7) is 2.99. The fraction of sp³-hybridized carbons (Fsp3) is 0.182. The van der Waals surface area contributed by atoms with E-state index in [0.717, 1.165) is 24.0 Å². The largest absolute Gasteiger partial charge is 0.461 e. The number of H-pyrrole nitrogens is 1. The molecule has 5 rings (SSSR count). The maximum atomic E-state index is 13.1. The predicted octanol–water partition coefficient (Wildman–Crippen LogP) is 4.02. The Labute approximate surface area is 171 Å². The predicted molar refractivity (Wildman–Crippen MR) is 113 cm³/mol. The van der Waals surface area contributed by atoms with Gasteiger partial charge in [0.2, 0.25) is 5.78 Å². The summed E-state index contributed by atoms with van der Waals surface area (Å²) in [5.41, 5.74) is 3.14. The van der Waals surface area contributed by atoms with E-state index in [9.17, 15) is 9.59 Å². The molecule has 1 N–H and O–H groups in total. The molecule has 146 valence electrons. The number of nitrogens with one attached hydrogen (secondary N) is 1. The summed E-state index contributed by atoms with van der Waals surface area (Å²) >= 11 is 1.68. The Balaban J connectivity index is 1.37. The number of amides is 1. The molecular formula is C22H19N3O3S. The van der Waals surface area contributed by atoms with Crippen molar-refractivity contribution < 1.29 is 14.0 Å². The van der Waals surface area contributed by atoms with Crippen LogP contribution in [0, 0.1) is 0 Å². The van der Waals surface area contributed by atoms with Gasteiger partial charge < -0.3 is 19.2 Å². The molecule has 0 radical (unpaired) electrons. The maximum Gasteiger partial charge on any atom is 0.253 e. The third-order valence-electron chi connectivity index (χ3n) is 5.36. The van der Waals surface area contributed by atoms with Gasteiger partial charge in [0, 0.05) is 59.9 Å². The van der Waals surface area contributed by atoms with Crippen LogP contribution in [0.15, 0.2) is 64.0 Å². The Bertz CT molecular complexity index is 1150. The number of hydrogen-bond acceptors (Lipinski definition) is 5. The fourth-order valence-electron chi connectivity index (χ4n) is 3.77. The molecule has 6 nitrogen and oxygen atoms in total. The zero-order chi connectivity index (χ0) is 19.8. The smallest absolute Gasteiger partial charge is 0.253 e. The number of rotatable bonds is 4. The molecule has 1 aliphatic rings. The molecule has 0 saturated carbocycles. The second-order valence-corrected chi connectivity index (χ2v) is 7.81. The number of nitrogens with zero attached hydrogens (tertiary/aromatic N) is 2. The number of piperazine rings is 1. The fourth-order valence-corrected chi connectivity index (χ4v) is 4.43. The minimum absolute atomic E-state index is 0.00512. The van der Waals surface area contributed by atoms with Crippen LogP contribution in [0.25, 0.3) is 10.9 Å². The molecule has 4 heterocycles. The first kappa shape index (κ1) is 17.8. The van der Waals surface area contributed by atoms with Gasteiger partial charge in [-0.15, -0.1) is 0 Å². The molecule has 3 aromatic heterocycles. The summed E-state index contributed by atoms with van der Waals surface area (Å²) in [6, 6.07) is 10.9. The molecule has 1 amide bonds. The van der Waals surface area contributed by atoms with Crippen LogP contribution in [0.5, 0.6) is 0 Å². The van der Waals surface area contributed by atoms with Crippen molar-refractivity contribution >= 4 is 39.6 Å². The number of carbonyl (C=O) groups excluding carboxylic acids is 2. The topological polar surface area (TPSA) is 69.5 Å². The van der Waals surface area contributed by atoms with E-state index in [1.54, 1.807) is 35.7 Å². The molecule has 1 aromatic carbocycles. The van der Waals surface area contributed by atoms with Crippen molar-refractivity contribution in [3.63, 3.8) is 0 Å². The minimum Gasteiger partial charge on any atom is -0.461 e. The lowest BCUT2D eigenvalue weighted by atomic mass is 10.0. The molecule has 0 aliphatic carbocycles. The number of fused-ring (bicyclic) bond motifs is 1. The van der Waals surface area contributed by atoms with Crippen molar-refractivity contribution in [1.82, 2.24) is 9.88 Å². The Morgan fingerprint density at radius 3 is 2.66 bits per heavy atom. The minimum atomic E-state index is -0.199. The highest BCUT2D eigenvalue weighted by Gasteiger charge is 2.24. The van der Waals surface area contributed by atoms with Gasteiger partial charge in [0.1, 0.15) is 0 Å². The van der Waals surface area contributed by atoms with Gasteiger partial charge in [0.05, 0.1) is 11.8 Å². The molecule has 0 spiro atoms. The van der Waals surface area contributed by atoms with Gasteiger partial charge in [-0.1, -0.05) is 0 Å². The van der Waals surface area contributed by atoms with Crippen molar-refractivity contribution in [2.45, 2.75) is 0 Å². The zero-order valence-electron chi connectivity index (χ0n) is 15.6. The van der Waals surface area contributed by atoms with E-state index < -0.39 is 0 Å². The first-order valence-electron chi connectivity index (χ1n) is 9.46. The zero-order valence-corrected chi connectivity index (χ0v) is 16.4. The highest BCUT2D eigenvalue weighted by atomic mass is 32.1. The summed E-state index contributed by atoms with van der Waals surface area (Å²) in [5.74, 6) is 0.0804. The van der Waals surface area contributed by atoms with Crippen molar-refractivity contribution in [3.05, 3.63) is 76.5 Å². The van der Waals surface area contributed by atoms with E-state index in [1.165, 1.54) is 12.0 Å². The molecule has 4 aromatic rings. The second-order valence-electron chi connectivity index (χ2n) is 7.03. The second kappa shape index (κ2) is 7.25. The highest BCUT2D eigenvalue weighted by Crippen LogP contribution is 2.24. The Hall–Kier alpha value is -3.32. The Kier molecular flexibility index (Phi) is 4.44. The molecule has 0 unspecified atom stereocenters. The lowest BCUT2D eigenvalue weighted by molar-refractivity contribution is 0.0746. The number of benzene rings is 1. The van der Waals surface area contributed by atoms with E-state index >= 15 is 0 Å². The third kappa shape index (κ3) is 3.23. The van der Waals surface area contributed by atoms with Gasteiger partial charge in [-0.2, -0.15) is 11.3 Å².